The monoisotopic (exact) mass is 376 g/mol. The van der Waals surface area contributed by atoms with Crippen LogP contribution < -0.4 is 4.90 Å². The van der Waals surface area contributed by atoms with Gasteiger partial charge in [0, 0.05) is 29.5 Å². The number of rotatable bonds is 5. The summed E-state index contributed by atoms with van der Waals surface area (Å²) in [5.41, 5.74) is 4.14. The molecule has 28 heavy (non-hydrogen) atoms. The van der Waals surface area contributed by atoms with Crippen LogP contribution in [0.5, 0.6) is 0 Å². The second-order valence-corrected chi connectivity index (χ2v) is 7.29. The Balaban J connectivity index is 1.27. The van der Waals surface area contributed by atoms with Crippen molar-refractivity contribution in [3.8, 4) is 0 Å². The summed E-state index contributed by atoms with van der Waals surface area (Å²) >= 11 is 0. The zero-order valence-corrected chi connectivity index (χ0v) is 15.7. The lowest BCUT2D eigenvalue weighted by Gasteiger charge is -2.23. The second kappa shape index (κ2) is 6.78. The molecule has 0 saturated heterocycles. The molecule has 2 aromatic heterocycles. The van der Waals surface area contributed by atoms with Crippen LogP contribution >= 0.6 is 0 Å². The van der Waals surface area contributed by atoms with E-state index < -0.39 is 0 Å². The number of halogens is 1. The first-order valence-corrected chi connectivity index (χ1v) is 9.54. The lowest BCUT2D eigenvalue weighted by Crippen LogP contribution is -2.19. The Morgan fingerprint density at radius 1 is 1.21 bits per heavy atom. The van der Waals surface area contributed by atoms with Gasteiger partial charge in [-0.2, -0.15) is 5.10 Å². The summed E-state index contributed by atoms with van der Waals surface area (Å²) in [6.07, 6.45) is 9.67. The highest BCUT2D eigenvalue weighted by Crippen LogP contribution is 2.37. The first-order chi connectivity index (χ1) is 13.7. The Hall–Kier alpha value is -3.15. The lowest BCUT2D eigenvalue weighted by atomic mass is 10.1. The van der Waals surface area contributed by atoms with Crippen molar-refractivity contribution in [1.82, 2.24) is 14.8 Å². The van der Waals surface area contributed by atoms with E-state index in [-0.39, 0.29) is 5.82 Å². The third kappa shape index (κ3) is 3.26. The summed E-state index contributed by atoms with van der Waals surface area (Å²) in [6, 6.07) is 10.0. The topological polar surface area (TPSA) is 43.2 Å². The molecule has 3 aromatic rings. The van der Waals surface area contributed by atoms with Crippen molar-refractivity contribution in [2.24, 2.45) is 0 Å². The van der Waals surface area contributed by atoms with E-state index in [0.717, 1.165) is 23.5 Å². The molecular weight excluding hydrogens is 355 g/mol. The quantitative estimate of drug-likeness (QED) is 0.650. The zero-order chi connectivity index (χ0) is 19.1. The maximum atomic E-state index is 12.9. The zero-order valence-electron chi connectivity index (χ0n) is 15.7. The van der Waals surface area contributed by atoms with E-state index in [0.29, 0.717) is 18.3 Å². The number of aryl methyl sites for hydroxylation is 1. The van der Waals surface area contributed by atoms with Gasteiger partial charge in [-0.05, 0) is 62.2 Å². The fourth-order valence-electron chi connectivity index (χ4n) is 3.50. The van der Waals surface area contributed by atoms with Gasteiger partial charge in [0.25, 0.3) is 0 Å². The molecule has 1 saturated carbocycles. The molecule has 1 aliphatic heterocycles. The van der Waals surface area contributed by atoms with Crippen LogP contribution in [0.25, 0.3) is 10.9 Å². The molecule has 142 valence electrons. The van der Waals surface area contributed by atoms with Crippen LogP contribution in [-0.2, 0) is 11.3 Å². The minimum atomic E-state index is -0.342. The highest BCUT2D eigenvalue weighted by Gasteiger charge is 2.26. The summed E-state index contributed by atoms with van der Waals surface area (Å²) in [5, 5.41) is 5.96. The summed E-state index contributed by atoms with van der Waals surface area (Å²) in [5.74, 6) is 0.451. The van der Waals surface area contributed by atoms with E-state index >= 15 is 0 Å². The van der Waals surface area contributed by atoms with Gasteiger partial charge in [-0.1, -0.05) is 0 Å². The fraction of sp³-hybridized carbons (Fsp3) is 0.273. The molecule has 0 radical (unpaired) electrons. The average molecular weight is 376 g/mol. The van der Waals surface area contributed by atoms with Crippen molar-refractivity contribution in [3.05, 3.63) is 77.8 Å². The molecule has 0 N–H and O–H groups in total. The Morgan fingerprint density at radius 2 is 2.11 bits per heavy atom. The summed E-state index contributed by atoms with van der Waals surface area (Å²) in [4.78, 5) is 6.19. The molecule has 0 atom stereocenters. The van der Waals surface area contributed by atoms with Crippen LogP contribution in [0.1, 0.15) is 30.3 Å². The molecule has 0 bridgehead atoms. The molecular formula is C22H21FN4O. The van der Waals surface area contributed by atoms with Crippen LogP contribution in [0.2, 0.25) is 0 Å². The molecule has 1 fully saturated rings. The molecule has 5 rings (SSSR count). The minimum absolute atomic E-state index is 0.321. The normalized spacial score (nSPS) is 16.5. The van der Waals surface area contributed by atoms with Crippen molar-refractivity contribution in [1.29, 1.82) is 0 Å². The number of hydrogen-bond acceptors (Lipinski definition) is 4. The van der Waals surface area contributed by atoms with E-state index in [2.05, 4.69) is 39.7 Å². The highest BCUT2D eigenvalue weighted by atomic mass is 19.1. The van der Waals surface area contributed by atoms with Crippen LogP contribution in [0, 0.1) is 12.7 Å². The van der Waals surface area contributed by atoms with Crippen LogP contribution in [0.3, 0.4) is 0 Å². The van der Waals surface area contributed by atoms with Gasteiger partial charge in [0.05, 0.1) is 23.4 Å². The molecule has 2 aliphatic rings. The number of anilines is 1. The van der Waals surface area contributed by atoms with E-state index in [4.69, 9.17) is 9.84 Å². The number of benzene rings is 1. The van der Waals surface area contributed by atoms with Crippen molar-refractivity contribution < 1.29 is 9.13 Å². The number of fused-ring (bicyclic) bond motifs is 1. The predicted octanol–water partition coefficient (Wildman–Crippen LogP) is 4.65. The average Bonchev–Trinajstić information content (AvgIpc) is 3.52. The highest BCUT2D eigenvalue weighted by molar-refractivity contribution is 5.85. The van der Waals surface area contributed by atoms with Crippen molar-refractivity contribution in [2.75, 3.05) is 11.4 Å². The largest absolute Gasteiger partial charge is 0.488 e. The molecule has 0 spiro atoms. The Morgan fingerprint density at radius 3 is 2.82 bits per heavy atom. The standard InChI is InChI=1S/C22H21FN4O/c1-15-21-12-19(6-7-22(21)25-27(15)18-4-5-18)26-10-8-20(9-11-26)28-14-17-3-2-16(23)13-24-17/h2-3,6-10,12-13,18H,4-5,11,14H2,1H3. The van der Waals surface area contributed by atoms with Gasteiger partial charge < -0.3 is 9.64 Å². The Bertz CT molecular complexity index is 1080. The van der Waals surface area contributed by atoms with Crippen LogP contribution in [0.4, 0.5) is 10.1 Å². The number of nitrogens with zero attached hydrogens (tertiary/aromatic N) is 4. The van der Waals surface area contributed by atoms with Crippen LogP contribution in [0.15, 0.2) is 60.6 Å². The Labute approximate surface area is 162 Å². The van der Waals surface area contributed by atoms with Crippen molar-refractivity contribution in [3.63, 3.8) is 0 Å². The van der Waals surface area contributed by atoms with Gasteiger partial charge in [-0.25, -0.2) is 4.39 Å². The van der Waals surface area contributed by atoms with E-state index in [1.165, 1.54) is 36.2 Å². The predicted molar refractivity (Wildman–Crippen MR) is 106 cm³/mol. The Kier molecular flexibility index (Phi) is 4.11. The van der Waals surface area contributed by atoms with Gasteiger partial charge >= 0.3 is 0 Å². The minimum Gasteiger partial charge on any atom is -0.488 e. The molecule has 1 aromatic carbocycles. The number of aromatic nitrogens is 3. The lowest BCUT2D eigenvalue weighted by molar-refractivity contribution is 0.205. The van der Waals surface area contributed by atoms with Gasteiger partial charge in [0.2, 0.25) is 0 Å². The van der Waals surface area contributed by atoms with Gasteiger partial charge in [0.15, 0.2) is 0 Å². The number of ether oxygens (including phenoxy) is 1. The number of allylic oxidation sites excluding steroid dienone is 1. The van der Waals surface area contributed by atoms with E-state index in [1.54, 1.807) is 6.07 Å². The molecule has 5 nitrogen and oxygen atoms in total. The van der Waals surface area contributed by atoms with Crippen molar-refractivity contribution >= 4 is 16.6 Å². The number of hydrogen-bond donors (Lipinski definition) is 0. The van der Waals surface area contributed by atoms with E-state index in [9.17, 15) is 4.39 Å². The fourth-order valence-corrected chi connectivity index (χ4v) is 3.50. The van der Waals surface area contributed by atoms with Crippen LogP contribution in [-0.4, -0.2) is 21.3 Å². The molecule has 0 amide bonds. The second-order valence-electron chi connectivity index (χ2n) is 7.29. The van der Waals surface area contributed by atoms with Gasteiger partial charge in [-0.15, -0.1) is 0 Å². The summed E-state index contributed by atoms with van der Waals surface area (Å²) in [7, 11) is 0. The maximum Gasteiger partial charge on any atom is 0.141 e. The first kappa shape index (κ1) is 17.0. The molecule has 0 unspecified atom stereocenters. The SMILES string of the molecule is Cc1c2cc(N3C=CC(OCc4ccc(F)cn4)=CC3)ccc2nn1C1CC1. The van der Waals surface area contributed by atoms with Crippen molar-refractivity contribution in [2.45, 2.75) is 32.4 Å². The van der Waals surface area contributed by atoms with Gasteiger partial charge in [0.1, 0.15) is 18.2 Å². The third-order valence-electron chi connectivity index (χ3n) is 5.24. The summed E-state index contributed by atoms with van der Waals surface area (Å²) < 4.78 is 20.9. The molecule has 3 heterocycles. The summed E-state index contributed by atoms with van der Waals surface area (Å²) in [6.45, 7) is 3.20. The molecule has 1 aliphatic carbocycles. The van der Waals surface area contributed by atoms with Gasteiger partial charge in [-0.3, -0.25) is 9.67 Å². The van der Waals surface area contributed by atoms with E-state index in [1.807, 2.05) is 18.4 Å². The first-order valence-electron chi connectivity index (χ1n) is 9.54. The molecule has 6 heteroatoms. The maximum absolute atomic E-state index is 12.9. The third-order valence-corrected chi connectivity index (χ3v) is 5.24. The number of pyridine rings is 1. The smallest absolute Gasteiger partial charge is 0.141 e.